The lowest BCUT2D eigenvalue weighted by molar-refractivity contribution is -0.131. The van der Waals surface area contributed by atoms with Crippen LogP contribution in [0.15, 0.2) is 30.5 Å². The number of hydrogen-bond acceptors (Lipinski definition) is 2. The fraction of sp³-hybridized carbons (Fsp3) is 0.200. The van der Waals surface area contributed by atoms with E-state index in [4.69, 9.17) is 5.11 Å². The van der Waals surface area contributed by atoms with Crippen molar-refractivity contribution < 1.29 is 18.7 Å². The largest absolute Gasteiger partial charge is 0.478 e. The van der Waals surface area contributed by atoms with Gasteiger partial charge in [0, 0.05) is 12.3 Å². The molecule has 6 heteroatoms. The minimum atomic E-state index is -1.19. The topological polar surface area (TPSA) is 55.1 Å². The highest BCUT2D eigenvalue weighted by Gasteiger charge is 2.14. The molecule has 1 aromatic heterocycles. The van der Waals surface area contributed by atoms with Crippen LogP contribution >= 0.6 is 0 Å². The highest BCUT2D eigenvalue weighted by molar-refractivity contribution is 5.85. The Labute approximate surface area is 120 Å². The number of carbonyl (C=O) groups is 1. The van der Waals surface area contributed by atoms with Crippen LogP contribution in [0.4, 0.5) is 8.78 Å². The fourth-order valence-corrected chi connectivity index (χ4v) is 1.84. The molecule has 0 unspecified atom stereocenters. The van der Waals surface area contributed by atoms with Gasteiger partial charge in [-0.15, -0.1) is 0 Å². The van der Waals surface area contributed by atoms with E-state index in [1.54, 1.807) is 6.07 Å². The molecule has 21 heavy (non-hydrogen) atoms. The molecule has 2 rings (SSSR count). The van der Waals surface area contributed by atoms with Gasteiger partial charge in [-0.2, -0.15) is 5.10 Å². The normalized spacial score (nSPS) is 11.5. The van der Waals surface area contributed by atoms with Gasteiger partial charge in [-0.3, -0.25) is 0 Å². The first kappa shape index (κ1) is 14.9. The lowest BCUT2D eigenvalue weighted by Crippen LogP contribution is -2.04. The Kier molecular flexibility index (Phi) is 4.16. The number of carboxylic acid groups (broad SMARTS) is 1. The number of halogens is 2. The van der Waals surface area contributed by atoms with E-state index < -0.39 is 17.6 Å². The van der Waals surface area contributed by atoms with Crippen molar-refractivity contribution in [3.63, 3.8) is 0 Å². The molecule has 4 nitrogen and oxygen atoms in total. The summed E-state index contributed by atoms with van der Waals surface area (Å²) < 4.78 is 29.2. The van der Waals surface area contributed by atoms with Crippen molar-refractivity contribution >= 4 is 12.0 Å². The molecule has 0 saturated carbocycles. The number of carboxylic acids is 1. The van der Waals surface area contributed by atoms with Gasteiger partial charge >= 0.3 is 5.97 Å². The Hall–Kier alpha value is -2.50. The number of hydrogen-bond donors (Lipinski definition) is 1. The highest BCUT2D eigenvalue weighted by atomic mass is 19.1. The predicted molar refractivity (Wildman–Crippen MR) is 74.2 cm³/mol. The third kappa shape index (κ3) is 3.34. The SMILES string of the molecule is CC(C)c1ccn(-c2c(F)cc(C=CC(=O)O)cc2F)n1. The molecule has 0 aliphatic rings. The molecule has 0 aliphatic carbocycles. The molecule has 0 atom stereocenters. The van der Waals surface area contributed by atoms with Crippen molar-refractivity contribution in [1.29, 1.82) is 0 Å². The van der Waals surface area contributed by atoms with Gasteiger partial charge in [0.15, 0.2) is 11.6 Å². The second-order valence-electron chi connectivity index (χ2n) is 4.84. The third-order valence-electron chi connectivity index (χ3n) is 2.89. The van der Waals surface area contributed by atoms with Crippen molar-refractivity contribution in [3.05, 3.63) is 53.4 Å². The number of benzene rings is 1. The Bertz CT molecular complexity index is 682. The lowest BCUT2D eigenvalue weighted by Gasteiger charge is -2.07. The van der Waals surface area contributed by atoms with Crippen molar-refractivity contribution in [1.82, 2.24) is 9.78 Å². The second-order valence-corrected chi connectivity index (χ2v) is 4.84. The molecule has 0 amide bonds. The van der Waals surface area contributed by atoms with E-state index in [0.29, 0.717) is 0 Å². The predicted octanol–water partition coefficient (Wildman–Crippen LogP) is 3.37. The van der Waals surface area contributed by atoms with E-state index in [1.165, 1.54) is 6.20 Å². The maximum absolute atomic E-state index is 14.0. The molecule has 0 aliphatic heterocycles. The molecule has 1 aromatic carbocycles. The zero-order chi connectivity index (χ0) is 15.6. The quantitative estimate of drug-likeness (QED) is 0.879. The molecular weight excluding hydrogens is 278 g/mol. The van der Waals surface area contributed by atoms with Crippen LogP contribution in [0.5, 0.6) is 0 Å². The third-order valence-corrected chi connectivity index (χ3v) is 2.89. The lowest BCUT2D eigenvalue weighted by atomic mass is 10.1. The number of rotatable bonds is 4. The maximum atomic E-state index is 14.0. The van der Waals surface area contributed by atoms with Gasteiger partial charge in [0.25, 0.3) is 0 Å². The first-order valence-electron chi connectivity index (χ1n) is 6.34. The van der Waals surface area contributed by atoms with Crippen LogP contribution < -0.4 is 0 Å². The van der Waals surface area contributed by atoms with Gasteiger partial charge in [-0.25, -0.2) is 18.3 Å². The summed E-state index contributed by atoms with van der Waals surface area (Å²) in [7, 11) is 0. The van der Waals surface area contributed by atoms with E-state index in [0.717, 1.165) is 34.7 Å². The average molecular weight is 292 g/mol. The maximum Gasteiger partial charge on any atom is 0.328 e. The van der Waals surface area contributed by atoms with Gasteiger partial charge in [0.05, 0.1) is 5.69 Å². The van der Waals surface area contributed by atoms with Crippen molar-refractivity contribution in [3.8, 4) is 5.69 Å². The molecule has 0 fully saturated rings. The fourth-order valence-electron chi connectivity index (χ4n) is 1.84. The summed E-state index contributed by atoms with van der Waals surface area (Å²) in [6, 6.07) is 3.82. The molecule has 1 heterocycles. The minimum Gasteiger partial charge on any atom is -0.478 e. The number of nitrogens with zero attached hydrogens (tertiary/aromatic N) is 2. The van der Waals surface area contributed by atoms with E-state index in [9.17, 15) is 13.6 Å². The van der Waals surface area contributed by atoms with Crippen LogP contribution in [0.2, 0.25) is 0 Å². The van der Waals surface area contributed by atoms with Gasteiger partial charge < -0.3 is 5.11 Å². The van der Waals surface area contributed by atoms with Crippen LogP contribution in [-0.4, -0.2) is 20.9 Å². The molecule has 0 bridgehead atoms. The first-order valence-corrected chi connectivity index (χ1v) is 6.34. The Balaban J connectivity index is 2.43. The van der Waals surface area contributed by atoms with Crippen LogP contribution in [0.3, 0.4) is 0 Å². The average Bonchev–Trinajstić information content (AvgIpc) is 2.85. The second kappa shape index (κ2) is 5.87. The van der Waals surface area contributed by atoms with Crippen molar-refractivity contribution in [2.75, 3.05) is 0 Å². The minimum absolute atomic E-state index is 0.132. The molecule has 0 saturated heterocycles. The van der Waals surface area contributed by atoms with Gasteiger partial charge in [0.2, 0.25) is 0 Å². The monoisotopic (exact) mass is 292 g/mol. The van der Waals surface area contributed by atoms with Crippen LogP contribution in [-0.2, 0) is 4.79 Å². The summed E-state index contributed by atoms with van der Waals surface area (Å²) in [5.41, 5.74) is 0.574. The van der Waals surface area contributed by atoms with E-state index in [1.807, 2.05) is 13.8 Å². The summed E-state index contributed by atoms with van der Waals surface area (Å²) in [6.45, 7) is 3.86. The molecule has 1 N–H and O–H groups in total. The summed E-state index contributed by atoms with van der Waals surface area (Å²) in [5.74, 6) is -2.65. The summed E-state index contributed by atoms with van der Waals surface area (Å²) >= 11 is 0. The smallest absolute Gasteiger partial charge is 0.328 e. The summed E-state index contributed by atoms with van der Waals surface area (Å²) in [5, 5.41) is 12.6. The van der Waals surface area contributed by atoms with Gasteiger partial charge in [0.1, 0.15) is 5.69 Å². The van der Waals surface area contributed by atoms with Crippen LogP contribution in [0.1, 0.15) is 31.0 Å². The van der Waals surface area contributed by atoms with E-state index in [-0.39, 0.29) is 17.2 Å². The van der Waals surface area contributed by atoms with E-state index >= 15 is 0 Å². The van der Waals surface area contributed by atoms with E-state index in [2.05, 4.69) is 5.10 Å². The Morgan fingerprint density at radius 3 is 2.43 bits per heavy atom. The van der Waals surface area contributed by atoms with Crippen molar-refractivity contribution in [2.24, 2.45) is 0 Å². The zero-order valence-electron chi connectivity index (χ0n) is 11.5. The number of aromatic nitrogens is 2. The molecule has 0 spiro atoms. The van der Waals surface area contributed by atoms with Gasteiger partial charge in [-0.1, -0.05) is 13.8 Å². The molecular formula is C15H14F2N2O2. The Morgan fingerprint density at radius 1 is 1.33 bits per heavy atom. The molecule has 0 radical (unpaired) electrons. The highest BCUT2D eigenvalue weighted by Crippen LogP contribution is 2.21. The summed E-state index contributed by atoms with van der Waals surface area (Å²) in [4.78, 5) is 10.4. The first-order chi connectivity index (χ1) is 9.88. The standard InChI is InChI=1S/C15H14F2N2O2/c1-9(2)13-5-6-19(18-13)15-11(16)7-10(8-12(15)17)3-4-14(20)21/h3-9H,1-2H3,(H,20,21). The zero-order valence-corrected chi connectivity index (χ0v) is 11.5. The Morgan fingerprint density at radius 2 is 1.95 bits per heavy atom. The van der Waals surface area contributed by atoms with Crippen molar-refractivity contribution in [2.45, 2.75) is 19.8 Å². The van der Waals surface area contributed by atoms with Crippen LogP contribution in [0, 0.1) is 11.6 Å². The molecule has 110 valence electrons. The summed E-state index contributed by atoms with van der Waals surface area (Å²) in [6.07, 6.45) is 3.43. The van der Waals surface area contributed by atoms with Gasteiger partial charge in [-0.05, 0) is 35.8 Å². The van der Waals surface area contributed by atoms with Crippen LogP contribution in [0.25, 0.3) is 11.8 Å². The molecule has 2 aromatic rings. The number of aliphatic carboxylic acids is 1.